The molecule has 0 radical (unpaired) electrons. The van der Waals surface area contributed by atoms with E-state index in [-0.39, 0.29) is 0 Å². The Balaban J connectivity index is 2.36. The van der Waals surface area contributed by atoms with Gasteiger partial charge < -0.3 is 0 Å². The fourth-order valence-corrected chi connectivity index (χ4v) is 2.53. The number of rotatable bonds is 10. The van der Waals surface area contributed by atoms with Gasteiger partial charge in [-0.1, -0.05) is 76.6 Å². The molecule has 0 atom stereocenters. The zero-order chi connectivity index (χ0) is 13.1. The van der Waals surface area contributed by atoms with E-state index < -0.39 is 0 Å². The lowest BCUT2D eigenvalue weighted by Gasteiger charge is -2.09. The van der Waals surface area contributed by atoms with Gasteiger partial charge >= 0.3 is 0 Å². The number of aryl methyl sites for hydroxylation is 2. The Hall–Kier alpha value is -0.780. The van der Waals surface area contributed by atoms with E-state index in [0.717, 1.165) is 0 Å². The molecule has 0 amide bonds. The first-order valence-electron chi connectivity index (χ1n) is 7.95. The maximum Gasteiger partial charge on any atom is -0.0276 e. The zero-order valence-corrected chi connectivity index (χ0v) is 12.4. The maximum absolute atomic E-state index is 2.33. The molecule has 0 aromatic heterocycles. The highest BCUT2D eigenvalue weighted by atomic mass is 14.1. The molecule has 0 aliphatic rings. The van der Waals surface area contributed by atoms with Gasteiger partial charge in [-0.15, -0.1) is 0 Å². The third kappa shape index (κ3) is 6.23. The van der Waals surface area contributed by atoms with Crippen molar-refractivity contribution in [2.24, 2.45) is 0 Å². The molecule has 0 aliphatic heterocycles. The molecule has 1 aromatic rings. The van der Waals surface area contributed by atoms with Crippen molar-refractivity contribution < 1.29 is 0 Å². The van der Waals surface area contributed by atoms with Gasteiger partial charge in [-0.05, 0) is 36.8 Å². The number of hydrogen-bond donors (Lipinski definition) is 0. The Labute approximate surface area is 114 Å². The minimum atomic E-state index is 1.28. The summed E-state index contributed by atoms with van der Waals surface area (Å²) >= 11 is 0. The van der Waals surface area contributed by atoms with Crippen LogP contribution in [0.4, 0.5) is 0 Å². The summed E-state index contributed by atoms with van der Waals surface area (Å²) in [4.78, 5) is 0. The van der Waals surface area contributed by atoms with E-state index in [9.17, 15) is 0 Å². The highest BCUT2D eigenvalue weighted by molar-refractivity contribution is 5.27. The molecule has 0 spiro atoms. The Bertz CT molecular complexity index is 270. The van der Waals surface area contributed by atoms with Crippen LogP contribution in [0.25, 0.3) is 0 Å². The second-order valence-electron chi connectivity index (χ2n) is 5.39. The summed E-state index contributed by atoms with van der Waals surface area (Å²) in [6.45, 7) is 4.56. The smallest absolute Gasteiger partial charge is 0.0276 e. The fraction of sp³-hybridized carbons (Fsp3) is 0.667. The predicted molar refractivity (Wildman–Crippen MR) is 82.1 cm³/mol. The van der Waals surface area contributed by atoms with Crippen LogP contribution in [0.2, 0.25) is 0 Å². The summed E-state index contributed by atoms with van der Waals surface area (Å²) in [5.41, 5.74) is 3.20. The van der Waals surface area contributed by atoms with Crippen molar-refractivity contribution in [3.8, 4) is 0 Å². The normalized spacial score (nSPS) is 10.8. The first kappa shape index (κ1) is 15.3. The number of hydrogen-bond acceptors (Lipinski definition) is 0. The lowest BCUT2D eigenvalue weighted by Crippen LogP contribution is -1.95. The number of unbranched alkanes of at least 4 members (excludes halogenated alkanes) is 6. The van der Waals surface area contributed by atoms with Gasteiger partial charge in [-0.2, -0.15) is 0 Å². The van der Waals surface area contributed by atoms with Gasteiger partial charge in [-0.25, -0.2) is 0 Å². The van der Waals surface area contributed by atoms with Crippen molar-refractivity contribution in [1.29, 1.82) is 0 Å². The van der Waals surface area contributed by atoms with Crippen LogP contribution in [0.15, 0.2) is 24.3 Å². The molecule has 0 saturated heterocycles. The van der Waals surface area contributed by atoms with Crippen molar-refractivity contribution in [2.45, 2.75) is 78.1 Å². The molecule has 0 saturated carbocycles. The molecule has 0 heteroatoms. The summed E-state index contributed by atoms with van der Waals surface area (Å²) in [5.74, 6) is 0. The van der Waals surface area contributed by atoms with E-state index in [1.54, 1.807) is 11.1 Å². The van der Waals surface area contributed by atoms with Crippen LogP contribution in [0, 0.1) is 0 Å². The molecule has 0 bridgehead atoms. The molecule has 18 heavy (non-hydrogen) atoms. The average Bonchev–Trinajstić information content (AvgIpc) is 2.41. The van der Waals surface area contributed by atoms with Gasteiger partial charge in [0.2, 0.25) is 0 Å². The van der Waals surface area contributed by atoms with E-state index >= 15 is 0 Å². The first-order chi connectivity index (χ1) is 8.88. The first-order valence-corrected chi connectivity index (χ1v) is 7.95. The summed E-state index contributed by atoms with van der Waals surface area (Å²) in [7, 11) is 0. The molecule has 1 aromatic carbocycles. The second-order valence-corrected chi connectivity index (χ2v) is 5.39. The molecule has 0 aliphatic carbocycles. The van der Waals surface area contributed by atoms with Gasteiger partial charge in [-0.3, -0.25) is 0 Å². The molecule has 0 fully saturated rings. The molecular weight excluding hydrogens is 216 g/mol. The lowest BCUT2D eigenvalue weighted by molar-refractivity contribution is 0.650. The minimum absolute atomic E-state index is 1.28. The van der Waals surface area contributed by atoms with Gasteiger partial charge in [0.1, 0.15) is 0 Å². The van der Waals surface area contributed by atoms with Crippen LogP contribution >= 0.6 is 0 Å². The minimum Gasteiger partial charge on any atom is -0.0654 e. The van der Waals surface area contributed by atoms with Crippen LogP contribution in [0.3, 0.4) is 0 Å². The monoisotopic (exact) mass is 246 g/mol. The topological polar surface area (TPSA) is 0 Å². The molecular formula is C18H30. The Morgan fingerprint density at radius 3 is 1.44 bits per heavy atom. The largest absolute Gasteiger partial charge is 0.0654 e. The van der Waals surface area contributed by atoms with Crippen LogP contribution in [0.1, 0.15) is 76.3 Å². The van der Waals surface area contributed by atoms with Crippen LogP contribution in [-0.4, -0.2) is 0 Å². The van der Waals surface area contributed by atoms with Crippen LogP contribution < -0.4 is 0 Å². The summed E-state index contributed by atoms with van der Waals surface area (Å²) in [5, 5.41) is 0. The van der Waals surface area contributed by atoms with Crippen molar-refractivity contribution in [3.05, 3.63) is 35.4 Å². The van der Waals surface area contributed by atoms with Crippen LogP contribution in [0.5, 0.6) is 0 Å². The average molecular weight is 246 g/mol. The third-order valence-electron chi connectivity index (χ3n) is 3.72. The number of benzene rings is 1. The predicted octanol–water partition coefficient (Wildman–Crippen LogP) is 5.93. The summed E-state index contributed by atoms with van der Waals surface area (Å²) in [6, 6.07) is 9.07. The Morgan fingerprint density at radius 1 is 0.611 bits per heavy atom. The Morgan fingerprint density at radius 2 is 1.06 bits per heavy atom. The van der Waals surface area contributed by atoms with Crippen molar-refractivity contribution >= 4 is 0 Å². The SMILES string of the molecule is CCCCCCc1ccccc1CCCCCC. The summed E-state index contributed by atoms with van der Waals surface area (Å²) in [6.07, 6.45) is 13.5. The maximum atomic E-state index is 2.33. The quantitative estimate of drug-likeness (QED) is 0.449. The van der Waals surface area contributed by atoms with Gasteiger partial charge in [0.25, 0.3) is 0 Å². The molecule has 102 valence electrons. The van der Waals surface area contributed by atoms with E-state index in [2.05, 4.69) is 38.1 Å². The van der Waals surface area contributed by atoms with Gasteiger partial charge in [0.05, 0.1) is 0 Å². The van der Waals surface area contributed by atoms with E-state index in [1.807, 2.05) is 0 Å². The lowest BCUT2D eigenvalue weighted by atomic mass is 9.97. The van der Waals surface area contributed by atoms with Crippen LogP contribution in [-0.2, 0) is 12.8 Å². The highest BCUT2D eigenvalue weighted by Gasteiger charge is 2.01. The third-order valence-corrected chi connectivity index (χ3v) is 3.72. The van der Waals surface area contributed by atoms with Crippen molar-refractivity contribution in [1.82, 2.24) is 0 Å². The molecule has 0 unspecified atom stereocenters. The molecule has 0 N–H and O–H groups in total. The zero-order valence-electron chi connectivity index (χ0n) is 12.4. The fourth-order valence-electron chi connectivity index (χ4n) is 2.53. The second kappa shape index (κ2) is 10.2. The van der Waals surface area contributed by atoms with Gasteiger partial charge in [0, 0.05) is 0 Å². The highest BCUT2D eigenvalue weighted by Crippen LogP contribution is 2.16. The van der Waals surface area contributed by atoms with Crippen molar-refractivity contribution in [2.75, 3.05) is 0 Å². The van der Waals surface area contributed by atoms with E-state index in [0.29, 0.717) is 0 Å². The molecule has 1 rings (SSSR count). The van der Waals surface area contributed by atoms with Crippen molar-refractivity contribution in [3.63, 3.8) is 0 Å². The van der Waals surface area contributed by atoms with E-state index in [1.165, 1.54) is 64.2 Å². The molecule has 0 heterocycles. The standard InChI is InChI=1S/C18H30/c1-3-5-7-9-13-17-15-11-12-16-18(17)14-10-8-6-4-2/h11-12,15-16H,3-10,13-14H2,1-2H3. The Kier molecular flexibility index (Phi) is 8.63. The van der Waals surface area contributed by atoms with E-state index in [4.69, 9.17) is 0 Å². The van der Waals surface area contributed by atoms with Gasteiger partial charge in [0.15, 0.2) is 0 Å². The molecule has 0 nitrogen and oxygen atoms in total. The summed E-state index contributed by atoms with van der Waals surface area (Å²) < 4.78 is 0.